The second kappa shape index (κ2) is 5.31. The van der Waals surface area contributed by atoms with E-state index in [9.17, 15) is 4.39 Å². The zero-order chi connectivity index (χ0) is 9.52. The lowest BCUT2D eigenvalue weighted by molar-refractivity contribution is 0.481. The number of nitrogens with one attached hydrogen (secondary N) is 2. The SMILES string of the molecule is NNc1cccc(NCCCF)n1. The lowest BCUT2D eigenvalue weighted by Gasteiger charge is -2.05. The van der Waals surface area contributed by atoms with Crippen LogP contribution in [0.2, 0.25) is 0 Å². The summed E-state index contributed by atoms with van der Waals surface area (Å²) in [7, 11) is 0. The standard InChI is InChI=1S/C8H13FN4/c9-5-2-6-11-7-3-1-4-8(12-7)13-10/h1,3-4H,2,5-6,10H2,(H2,11,12,13). The number of hydrogen-bond acceptors (Lipinski definition) is 4. The topological polar surface area (TPSA) is 63.0 Å². The molecular formula is C8H13FN4. The van der Waals surface area contributed by atoms with Gasteiger partial charge < -0.3 is 10.7 Å². The first kappa shape index (κ1) is 9.73. The Morgan fingerprint density at radius 1 is 1.38 bits per heavy atom. The number of hydrazine groups is 1. The number of alkyl halides is 1. The van der Waals surface area contributed by atoms with E-state index in [1.54, 1.807) is 12.1 Å². The van der Waals surface area contributed by atoms with Gasteiger partial charge in [0.15, 0.2) is 0 Å². The third kappa shape index (κ3) is 3.25. The normalized spacial score (nSPS) is 9.69. The van der Waals surface area contributed by atoms with Crippen LogP contribution in [0.5, 0.6) is 0 Å². The molecule has 0 atom stereocenters. The van der Waals surface area contributed by atoms with Gasteiger partial charge in [-0.3, -0.25) is 4.39 Å². The molecule has 0 saturated carbocycles. The van der Waals surface area contributed by atoms with Gasteiger partial charge in [0.1, 0.15) is 11.6 Å². The van der Waals surface area contributed by atoms with Gasteiger partial charge in [-0.25, -0.2) is 10.8 Å². The van der Waals surface area contributed by atoms with Crippen molar-refractivity contribution in [3.8, 4) is 0 Å². The number of halogens is 1. The molecule has 4 N–H and O–H groups in total. The highest BCUT2D eigenvalue weighted by Crippen LogP contribution is 2.07. The van der Waals surface area contributed by atoms with Crippen molar-refractivity contribution in [1.29, 1.82) is 0 Å². The van der Waals surface area contributed by atoms with Gasteiger partial charge in [0.05, 0.1) is 6.67 Å². The molecular weight excluding hydrogens is 171 g/mol. The van der Waals surface area contributed by atoms with Gasteiger partial charge >= 0.3 is 0 Å². The van der Waals surface area contributed by atoms with Crippen molar-refractivity contribution in [3.05, 3.63) is 18.2 Å². The van der Waals surface area contributed by atoms with Crippen molar-refractivity contribution in [1.82, 2.24) is 4.98 Å². The summed E-state index contributed by atoms with van der Waals surface area (Å²) >= 11 is 0. The van der Waals surface area contributed by atoms with Crippen LogP contribution in [0.25, 0.3) is 0 Å². The largest absolute Gasteiger partial charge is 0.370 e. The van der Waals surface area contributed by atoms with Crippen LogP contribution in [0.3, 0.4) is 0 Å². The third-order valence-corrected chi connectivity index (χ3v) is 1.51. The molecule has 0 aliphatic rings. The van der Waals surface area contributed by atoms with Crippen molar-refractivity contribution >= 4 is 11.6 Å². The molecule has 0 spiro atoms. The highest BCUT2D eigenvalue weighted by atomic mass is 19.1. The smallest absolute Gasteiger partial charge is 0.142 e. The third-order valence-electron chi connectivity index (χ3n) is 1.51. The van der Waals surface area contributed by atoms with Gasteiger partial charge in [0.2, 0.25) is 0 Å². The van der Waals surface area contributed by atoms with Crippen LogP contribution in [0.15, 0.2) is 18.2 Å². The summed E-state index contributed by atoms with van der Waals surface area (Å²) in [6, 6.07) is 5.37. The fraction of sp³-hybridized carbons (Fsp3) is 0.375. The first-order valence-corrected chi connectivity index (χ1v) is 4.10. The van der Waals surface area contributed by atoms with E-state index in [2.05, 4.69) is 15.7 Å². The molecule has 0 bridgehead atoms. The Kier molecular flexibility index (Phi) is 3.98. The molecule has 72 valence electrons. The average Bonchev–Trinajstić information content (AvgIpc) is 2.19. The van der Waals surface area contributed by atoms with Crippen LogP contribution in [-0.2, 0) is 0 Å². The average molecular weight is 184 g/mol. The van der Waals surface area contributed by atoms with Gasteiger partial charge in [0.25, 0.3) is 0 Å². The Balaban J connectivity index is 2.46. The van der Waals surface area contributed by atoms with Gasteiger partial charge in [-0.1, -0.05) is 6.07 Å². The fourth-order valence-electron chi connectivity index (χ4n) is 0.897. The predicted molar refractivity (Wildman–Crippen MR) is 51.1 cm³/mol. The van der Waals surface area contributed by atoms with E-state index in [1.807, 2.05) is 6.07 Å². The van der Waals surface area contributed by atoms with E-state index in [0.29, 0.717) is 24.6 Å². The minimum atomic E-state index is -0.318. The van der Waals surface area contributed by atoms with Crippen LogP contribution >= 0.6 is 0 Å². The van der Waals surface area contributed by atoms with Crippen LogP contribution in [0.4, 0.5) is 16.0 Å². The number of nitrogens with zero attached hydrogens (tertiary/aromatic N) is 1. The molecule has 0 saturated heterocycles. The number of aromatic nitrogens is 1. The lowest BCUT2D eigenvalue weighted by atomic mass is 10.4. The lowest BCUT2D eigenvalue weighted by Crippen LogP contribution is -2.10. The molecule has 0 fully saturated rings. The second-order valence-corrected chi connectivity index (χ2v) is 2.52. The number of rotatable bonds is 5. The predicted octanol–water partition coefficient (Wildman–Crippen LogP) is 1.14. The van der Waals surface area contributed by atoms with E-state index in [0.717, 1.165) is 0 Å². The summed E-state index contributed by atoms with van der Waals surface area (Å²) in [4.78, 5) is 4.09. The quantitative estimate of drug-likeness (QED) is 0.365. The zero-order valence-electron chi connectivity index (χ0n) is 7.26. The molecule has 0 radical (unpaired) electrons. The molecule has 0 unspecified atom stereocenters. The number of hydrogen-bond donors (Lipinski definition) is 3. The monoisotopic (exact) mass is 184 g/mol. The van der Waals surface area contributed by atoms with E-state index in [4.69, 9.17) is 5.84 Å². The molecule has 0 aliphatic heterocycles. The first-order valence-electron chi connectivity index (χ1n) is 4.10. The Hall–Kier alpha value is -1.36. The van der Waals surface area contributed by atoms with E-state index in [1.165, 1.54) is 0 Å². The van der Waals surface area contributed by atoms with Crippen molar-refractivity contribution in [3.63, 3.8) is 0 Å². The van der Waals surface area contributed by atoms with Gasteiger partial charge in [-0.2, -0.15) is 0 Å². The Morgan fingerprint density at radius 3 is 2.85 bits per heavy atom. The summed E-state index contributed by atoms with van der Waals surface area (Å²) in [5, 5.41) is 2.97. The maximum absolute atomic E-state index is 11.7. The fourth-order valence-corrected chi connectivity index (χ4v) is 0.897. The Morgan fingerprint density at radius 2 is 2.15 bits per heavy atom. The van der Waals surface area contributed by atoms with E-state index in [-0.39, 0.29) is 6.67 Å². The van der Waals surface area contributed by atoms with E-state index >= 15 is 0 Å². The van der Waals surface area contributed by atoms with Gasteiger partial charge in [-0.05, 0) is 18.6 Å². The summed E-state index contributed by atoms with van der Waals surface area (Å²) < 4.78 is 11.7. The van der Waals surface area contributed by atoms with Gasteiger partial charge in [0, 0.05) is 6.54 Å². The van der Waals surface area contributed by atoms with Crippen molar-refractivity contribution in [2.45, 2.75) is 6.42 Å². The number of pyridine rings is 1. The molecule has 1 rings (SSSR count). The minimum absolute atomic E-state index is 0.318. The van der Waals surface area contributed by atoms with Crippen LogP contribution < -0.4 is 16.6 Å². The molecule has 5 heteroatoms. The maximum Gasteiger partial charge on any atom is 0.142 e. The number of nitrogens with two attached hydrogens (primary N) is 1. The maximum atomic E-state index is 11.7. The molecule has 0 aliphatic carbocycles. The van der Waals surface area contributed by atoms with Crippen molar-refractivity contribution < 1.29 is 4.39 Å². The molecule has 0 aromatic carbocycles. The Bertz CT molecular complexity index is 254. The van der Waals surface area contributed by atoms with Crippen LogP contribution in [0, 0.1) is 0 Å². The highest BCUT2D eigenvalue weighted by Gasteiger charge is 1.94. The number of anilines is 2. The summed E-state index contributed by atoms with van der Waals surface area (Å²) in [6.45, 7) is 0.263. The molecule has 1 aromatic rings. The minimum Gasteiger partial charge on any atom is -0.370 e. The van der Waals surface area contributed by atoms with Gasteiger partial charge in [-0.15, -0.1) is 0 Å². The summed E-state index contributed by atoms with van der Waals surface area (Å²) in [5.41, 5.74) is 2.43. The zero-order valence-corrected chi connectivity index (χ0v) is 7.26. The van der Waals surface area contributed by atoms with Crippen LogP contribution in [-0.4, -0.2) is 18.2 Å². The molecule has 4 nitrogen and oxygen atoms in total. The summed E-state index contributed by atoms with van der Waals surface area (Å²) in [5.74, 6) is 6.46. The van der Waals surface area contributed by atoms with Crippen molar-refractivity contribution in [2.24, 2.45) is 5.84 Å². The molecule has 0 amide bonds. The molecule has 13 heavy (non-hydrogen) atoms. The Labute approximate surface area is 76.3 Å². The molecule has 1 heterocycles. The highest BCUT2D eigenvalue weighted by molar-refractivity contribution is 5.44. The van der Waals surface area contributed by atoms with Crippen molar-refractivity contribution in [2.75, 3.05) is 24.0 Å². The molecule has 1 aromatic heterocycles. The van der Waals surface area contributed by atoms with E-state index < -0.39 is 0 Å². The number of nitrogen functional groups attached to an aromatic ring is 1. The second-order valence-electron chi connectivity index (χ2n) is 2.52. The first-order chi connectivity index (χ1) is 6.36. The summed E-state index contributed by atoms with van der Waals surface area (Å²) in [6.07, 6.45) is 0.488. The van der Waals surface area contributed by atoms with Crippen LogP contribution in [0.1, 0.15) is 6.42 Å².